The molecule has 84 valence electrons. The van der Waals surface area contributed by atoms with Crippen LogP contribution in [-0.2, 0) is 4.74 Å². The molecule has 0 saturated heterocycles. The molecule has 0 radical (unpaired) electrons. The average Bonchev–Trinajstić information content (AvgIpc) is 2.83. The highest BCUT2D eigenvalue weighted by Gasteiger charge is 2.20. The molecule has 0 fully saturated rings. The summed E-state index contributed by atoms with van der Waals surface area (Å²) in [6.45, 7) is 1.97. The third-order valence-corrected chi connectivity index (χ3v) is 4.63. The SMILES string of the molecule is COC(=O)c1scc(C)c1-c1sccc1Cl. The molecule has 2 heterocycles. The molecule has 0 spiro atoms. The van der Waals surface area contributed by atoms with Crippen LogP contribution in [-0.4, -0.2) is 13.1 Å². The van der Waals surface area contributed by atoms with E-state index in [0.29, 0.717) is 9.90 Å². The number of carbonyl (C=O) groups excluding carboxylic acids is 1. The van der Waals surface area contributed by atoms with Gasteiger partial charge in [-0.3, -0.25) is 0 Å². The van der Waals surface area contributed by atoms with Crippen LogP contribution in [0.4, 0.5) is 0 Å². The molecule has 0 bridgehead atoms. The van der Waals surface area contributed by atoms with E-state index in [2.05, 4.69) is 0 Å². The Bertz CT molecular complexity index is 528. The fourth-order valence-electron chi connectivity index (χ4n) is 1.44. The maximum atomic E-state index is 11.6. The Hall–Kier alpha value is -0.840. The highest BCUT2D eigenvalue weighted by atomic mass is 35.5. The first-order valence-electron chi connectivity index (χ1n) is 4.55. The molecule has 5 heteroatoms. The number of ether oxygens (including phenoxy) is 1. The van der Waals surface area contributed by atoms with Crippen molar-refractivity contribution in [2.24, 2.45) is 0 Å². The van der Waals surface area contributed by atoms with Crippen molar-refractivity contribution in [2.45, 2.75) is 6.92 Å². The number of aryl methyl sites for hydroxylation is 1. The molecule has 0 aliphatic carbocycles. The van der Waals surface area contributed by atoms with Crippen molar-refractivity contribution in [3.63, 3.8) is 0 Å². The molecule has 2 rings (SSSR count). The van der Waals surface area contributed by atoms with Gasteiger partial charge in [0.1, 0.15) is 4.88 Å². The molecule has 0 aliphatic heterocycles. The van der Waals surface area contributed by atoms with E-state index in [1.807, 2.05) is 23.8 Å². The second-order valence-electron chi connectivity index (χ2n) is 3.21. The first-order valence-corrected chi connectivity index (χ1v) is 6.68. The van der Waals surface area contributed by atoms with Crippen molar-refractivity contribution in [1.82, 2.24) is 0 Å². The van der Waals surface area contributed by atoms with Crippen LogP contribution in [0.15, 0.2) is 16.8 Å². The quantitative estimate of drug-likeness (QED) is 0.765. The maximum absolute atomic E-state index is 11.6. The van der Waals surface area contributed by atoms with Crippen molar-refractivity contribution >= 4 is 40.2 Å². The van der Waals surface area contributed by atoms with E-state index < -0.39 is 0 Å². The van der Waals surface area contributed by atoms with Crippen LogP contribution in [0.2, 0.25) is 5.02 Å². The minimum Gasteiger partial charge on any atom is -0.465 e. The number of carbonyl (C=O) groups is 1. The Labute approximate surface area is 106 Å². The average molecular weight is 273 g/mol. The van der Waals surface area contributed by atoms with Crippen molar-refractivity contribution in [3.05, 3.63) is 32.3 Å². The second-order valence-corrected chi connectivity index (χ2v) is 5.42. The number of rotatable bonds is 2. The number of thiophene rings is 2. The van der Waals surface area contributed by atoms with Gasteiger partial charge in [0.25, 0.3) is 0 Å². The van der Waals surface area contributed by atoms with E-state index in [9.17, 15) is 4.79 Å². The Morgan fingerprint density at radius 1 is 1.44 bits per heavy atom. The lowest BCUT2D eigenvalue weighted by Crippen LogP contribution is -1.99. The second kappa shape index (κ2) is 4.57. The summed E-state index contributed by atoms with van der Waals surface area (Å²) in [5.41, 5.74) is 1.95. The minimum absolute atomic E-state index is 0.308. The monoisotopic (exact) mass is 272 g/mol. The summed E-state index contributed by atoms with van der Waals surface area (Å²) in [5.74, 6) is -0.308. The van der Waals surface area contributed by atoms with Gasteiger partial charge in [0.2, 0.25) is 0 Å². The molecule has 2 aromatic heterocycles. The van der Waals surface area contributed by atoms with Crippen molar-refractivity contribution in [2.75, 3.05) is 7.11 Å². The van der Waals surface area contributed by atoms with E-state index >= 15 is 0 Å². The fraction of sp³-hybridized carbons (Fsp3) is 0.182. The number of hydrogen-bond acceptors (Lipinski definition) is 4. The predicted molar refractivity (Wildman–Crippen MR) is 68.7 cm³/mol. The van der Waals surface area contributed by atoms with Gasteiger partial charge in [0.05, 0.1) is 17.0 Å². The number of halogens is 1. The molecule has 0 N–H and O–H groups in total. The minimum atomic E-state index is -0.308. The van der Waals surface area contributed by atoms with Gasteiger partial charge >= 0.3 is 5.97 Å². The van der Waals surface area contributed by atoms with Gasteiger partial charge in [-0.25, -0.2) is 4.79 Å². The third kappa shape index (κ3) is 1.88. The third-order valence-electron chi connectivity index (χ3n) is 2.19. The van der Waals surface area contributed by atoms with E-state index in [-0.39, 0.29) is 5.97 Å². The number of esters is 1. The van der Waals surface area contributed by atoms with Crippen LogP contribution in [0.1, 0.15) is 15.2 Å². The van der Waals surface area contributed by atoms with Crippen LogP contribution in [0, 0.1) is 6.92 Å². The van der Waals surface area contributed by atoms with Crippen molar-refractivity contribution < 1.29 is 9.53 Å². The largest absolute Gasteiger partial charge is 0.465 e. The first-order chi connectivity index (χ1) is 7.65. The lowest BCUT2D eigenvalue weighted by molar-refractivity contribution is 0.0607. The molecule has 2 aromatic rings. The summed E-state index contributed by atoms with van der Waals surface area (Å²) in [7, 11) is 1.39. The highest BCUT2D eigenvalue weighted by molar-refractivity contribution is 7.16. The maximum Gasteiger partial charge on any atom is 0.348 e. The summed E-state index contributed by atoms with van der Waals surface area (Å²) in [5, 5.41) is 4.53. The summed E-state index contributed by atoms with van der Waals surface area (Å²) in [4.78, 5) is 13.2. The van der Waals surface area contributed by atoms with Gasteiger partial charge in [-0.2, -0.15) is 0 Å². The van der Waals surface area contributed by atoms with Gasteiger partial charge in [-0.1, -0.05) is 11.6 Å². The standard InChI is InChI=1S/C11H9ClO2S2/c1-6-5-16-10(11(13)14-2)8(6)9-7(12)3-4-15-9/h3-5H,1-2H3. The molecule has 0 unspecified atom stereocenters. The Morgan fingerprint density at radius 2 is 2.19 bits per heavy atom. The summed E-state index contributed by atoms with van der Waals surface area (Å²) >= 11 is 9.01. The smallest absolute Gasteiger partial charge is 0.348 e. The summed E-state index contributed by atoms with van der Waals surface area (Å²) < 4.78 is 4.76. The topological polar surface area (TPSA) is 26.3 Å². The van der Waals surface area contributed by atoms with Crippen LogP contribution < -0.4 is 0 Å². The van der Waals surface area contributed by atoms with E-state index in [1.54, 1.807) is 0 Å². The molecule has 0 atom stereocenters. The number of hydrogen-bond donors (Lipinski definition) is 0. The van der Waals surface area contributed by atoms with Gasteiger partial charge in [-0.15, -0.1) is 22.7 Å². The molecule has 0 amide bonds. The highest BCUT2D eigenvalue weighted by Crippen LogP contribution is 2.40. The Kier molecular flexibility index (Phi) is 3.33. The molecule has 0 saturated carbocycles. The molecule has 0 aromatic carbocycles. The Balaban J connectivity index is 2.60. The molecule has 0 aliphatic rings. The van der Waals surface area contributed by atoms with Crippen LogP contribution >= 0.6 is 34.3 Å². The molecule has 16 heavy (non-hydrogen) atoms. The van der Waals surface area contributed by atoms with Crippen molar-refractivity contribution in [3.8, 4) is 10.4 Å². The van der Waals surface area contributed by atoms with Gasteiger partial charge < -0.3 is 4.74 Å². The van der Waals surface area contributed by atoms with E-state index in [0.717, 1.165) is 16.0 Å². The van der Waals surface area contributed by atoms with E-state index in [1.165, 1.54) is 29.8 Å². The Morgan fingerprint density at radius 3 is 2.75 bits per heavy atom. The van der Waals surface area contributed by atoms with Crippen LogP contribution in [0.3, 0.4) is 0 Å². The van der Waals surface area contributed by atoms with E-state index in [4.69, 9.17) is 16.3 Å². The van der Waals surface area contributed by atoms with Gasteiger partial charge in [0.15, 0.2) is 0 Å². The first kappa shape index (κ1) is 11.6. The van der Waals surface area contributed by atoms with Crippen LogP contribution in [0.5, 0.6) is 0 Å². The van der Waals surface area contributed by atoms with Crippen LogP contribution in [0.25, 0.3) is 10.4 Å². The molecular formula is C11H9ClO2S2. The zero-order valence-corrected chi connectivity index (χ0v) is 11.1. The lowest BCUT2D eigenvalue weighted by atomic mass is 10.1. The molecule has 2 nitrogen and oxygen atoms in total. The number of methoxy groups -OCH3 is 1. The fourth-order valence-corrected chi connectivity index (χ4v) is 3.75. The van der Waals surface area contributed by atoms with Gasteiger partial charge in [-0.05, 0) is 29.3 Å². The predicted octanol–water partition coefficient (Wildman–Crippen LogP) is 4.23. The van der Waals surface area contributed by atoms with Gasteiger partial charge in [0, 0.05) is 5.56 Å². The molecular weight excluding hydrogens is 264 g/mol. The lowest BCUT2D eigenvalue weighted by Gasteiger charge is -2.02. The summed E-state index contributed by atoms with van der Waals surface area (Å²) in [6, 6.07) is 1.83. The van der Waals surface area contributed by atoms with Crippen molar-refractivity contribution in [1.29, 1.82) is 0 Å². The normalized spacial score (nSPS) is 10.4. The summed E-state index contributed by atoms with van der Waals surface area (Å²) in [6.07, 6.45) is 0. The zero-order chi connectivity index (χ0) is 11.7. The zero-order valence-electron chi connectivity index (χ0n) is 8.74.